The summed E-state index contributed by atoms with van der Waals surface area (Å²) in [5.74, 6) is -1.01. The first kappa shape index (κ1) is 56.1. The molecule has 0 rings (SSSR count). The minimum atomic E-state index is -4.43. The van der Waals surface area contributed by atoms with E-state index in [0.29, 0.717) is 32.1 Å². The first-order chi connectivity index (χ1) is 28.6. The fourth-order valence-electron chi connectivity index (χ4n) is 5.59. The molecule has 0 aromatic rings. The second-order valence-corrected chi connectivity index (χ2v) is 16.0. The highest BCUT2D eigenvalue weighted by Gasteiger charge is 2.26. The molecule has 4 atom stereocenters. The van der Waals surface area contributed by atoms with Gasteiger partial charge < -0.3 is 30.3 Å². The van der Waals surface area contributed by atoms with Gasteiger partial charge in [0.15, 0.2) is 6.10 Å². The zero-order chi connectivity index (χ0) is 43.5. The van der Waals surface area contributed by atoms with E-state index in [0.717, 1.165) is 32.1 Å². The molecule has 12 heteroatoms. The Morgan fingerprint density at radius 2 is 1.15 bits per heavy atom. The van der Waals surface area contributed by atoms with Crippen molar-refractivity contribution in [2.45, 2.75) is 173 Å². The highest BCUT2D eigenvalue weighted by atomic mass is 31.2. The van der Waals surface area contributed by atoms with Gasteiger partial charge >= 0.3 is 19.8 Å². The molecule has 338 valence electrons. The van der Waals surface area contributed by atoms with Crippen molar-refractivity contribution in [1.82, 2.24) is 0 Å². The lowest BCUT2D eigenvalue weighted by atomic mass is 10.1. The summed E-state index contributed by atoms with van der Waals surface area (Å²) in [6.45, 7) is 3.31. The van der Waals surface area contributed by atoms with Gasteiger partial charge in [0, 0.05) is 19.4 Å². The van der Waals surface area contributed by atoms with Crippen LogP contribution < -0.4 is 5.73 Å². The zero-order valence-electron chi connectivity index (χ0n) is 36.4. The topological polar surface area (TPSA) is 175 Å². The number of allylic oxidation sites excluding steroid dienone is 10. The van der Waals surface area contributed by atoms with E-state index in [-0.39, 0.29) is 32.6 Å². The monoisotopic (exact) mass is 850 g/mol. The number of aliphatic hydroxyl groups excluding tert-OH is 2. The van der Waals surface area contributed by atoms with Crippen molar-refractivity contribution in [3.63, 3.8) is 0 Å². The number of aliphatic hydroxyl groups is 2. The molecule has 0 fully saturated rings. The molecular weight excluding hydrogens is 769 g/mol. The predicted octanol–water partition coefficient (Wildman–Crippen LogP) is 10.8. The van der Waals surface area contributed by atoms with Gasteiger partial charge in [-0.15, -0.1) is 0 Å². The summed E-state index contributed by atoms with van der Waals surface area (Å²) < 4.78 is 32.6. The largest absolute Gasteiger partial charge is 0.472 e. The van der Waals surface area contributed by atoms with Crippen LogP contribution in [0.15, 0.2) is 85.1 Å². The Labute approximate surface area is 357 Å². The number of hydrogen-bond donors (Lipinski definition) is 4. The normalized spacial score (nSPS) is 15.2. The number of esters is 2. The summed E-state index contributed by atoms with van der Waals surface area (Å²) in [7, 11) is -4.43. The van der Waals surface area contributed by atoms with Crippen LogP contribution in [0.4, 0.5) is 0 Å². The molecule has 0 spiro atoms. The molecule has 0 bridgehead atoms. The van der Waals surface area contributed by atoms with E-state index in [1.54, 1.807) is 36.5 Å². The summed E-state index contributed by atoms with van der Waals surface area (Å²) in [5, 5.41) is 19.9. The third kappa shape index (κ3) is 41.6. The first-order valence-corrected chi connectivity index (χ1v) is 23.8. The van der Waals surface area contributed by atoms with Crippen LogP contribution in [-0.2, 0) is 32.7 Å². The smallest absolute Gasteiger partial charge is 0.462 e. The molecule has 0 aliphatic rings. The van der Waals surface area contributed by atoms with Crippen molar-refractivity contribution in [2.75, 3.05) is 26.4 Å². The maximum atomic E-state index is 12.6. The predicted molar refractivity (Wildman–Crippen MR) is 241 cm³/mol. The van der Waals surface area contributed by atoms with Crippen LogP contribution in [0.25, 0.3) is 0 Å². The van der Waals surface area contributed by atoms with E-state index in [4.69, 9.17) is 24.3 Å². The number of unbranched alkanes of at least 4 members (excludes halogenated alkanes) is 13. The third-order valence-corrected chi connectivity index (χ3v) is 9.93. The Bertz CT molecular complexity index is 1280. The number of carbonyl (C=O) groups is 2. The van der Waals surface area contributed by atoms with E-state index >= 15 is 0 Å². The molecule has 0 aliphatic heterocycles. The number of nitrogens with two attached hydrogens (primary N) is 1. The second kappa shape index (κ2) is 41.8. The summed E-state index contributed by atoms with van der Waals surface area (Å²) in [4.78, 5) is 34.9. The Morgan fingerprint density at radius 1 is 0.610 bits per heavy atom. The fourth-order valence-corrected chi connectivity index (χ4v) is 6.36. The molecule has 0 saturated heterocycles. The molecular formula is C47H80NO10P. The number of rotatable bonds is 40. The van der Waals surface area contributed by atoms with E-state index < -0.39 is 44.7 Å². The van der Waals surface area contributed by atoms with Gasteiger partial charge in [-0.1, -0.05) is 163 Å². The van der Waals surface area contributed by atoms with Gasteiger partial charge in [0.1, 0.15) is 6.61 Å². The van der Waals surface area contributed by atoms with Crippen molar-refractivity contribution in [3.8, 4) is 0 Å². The van der Waals surface area contributed by atoms with Crippen LogP contribution >= 0.6 is 7.82 Å². The molecule has 0 amide bonds. The lowest BCUT2D eigenvalue weighted by Gasteiger charge is -2.19. The average Bonchev–Trinajstić information content (AvgIpc) is 3.21. The average molecular weight is 850 g/mol. The van der Waals surface area contributed by atoms with Crippen LogP contribution in [0.1, 0.15) is 155 Å². The summed E-state index contributed by atoms with van der Waals surface area (Å²) in [5.41, 5.74) is 5.34. The van der Waals surface area contributed by atoms with Crippen molar-refractivity contribution < 1.29 is 47.8 Å². The lowest BCUT2D eigenvalue weighted by Crippen LogP contribution is -2.29. The lowest BCUT2D eigenvalue weighted by molar-refractivity contribution is -0.161. The zero-order valence-corrected chi connectivity index (χ0v) is 37.3. The quantitative estimate of drug-likeness (QED) is 0.0152. The molecule has 11 nitrogen and oxygen atoms in total. The molecule has 5 N–H and O–H groups in total. The molecule has 0 saturated carbocycles. The molecule has 0 aromatic carbocycles. The maximum absolute atomic E-state index is 12.6. The van der Waals surface area contributed by atoms with Crippen molar-refractivity contribution >= 4 is 19.8 Å². The number of ether oxygens (including phenoxy) is 2. The SMILES string of the molecule is CC/C=C\C[C@@H](O)/C=C/C=C\C=C\[C@@H](O)C/C=C\C/C=C\CCC(=O)OC[C@H](COP(=O)(O)OCCN)OC(=O)CCCCCCCCC/C=C\CCCCCCCC. The molecule has 59 heavy (non-hydrogen) atoms. The van der Waals surface area contributed by atoms with Crippen LogP contribution in [-0.4, -0.2) is 71.7 Å². The van der Waals surface area contributed by atoms with Crippen LogP contribution in [0.3, 0.4) is 0 Å². The van der Waals surface area contributed by atoms with Gasteiger partial charge in [-0.05, 0) is 64.2 Å². The van der Waals surface area contributed by atoms with Crippen LogP contribution in [0.5, 0.6) is 0 Å². The van der Waals surface area contributed by atoms with Crippen LogP contribution in [0.2, 0.25) is 0 Å². The number of phosphoric ester groups is 1. The van der Waals surface area contributed by atoms with Crippen molar-refractivity contribution in [2.24, 2.45) is 5.73 Å². The molecule has 0 aliphatic carbocycles. The third-order valence-electron chi connectivity index (χ3n) is 8.94. The van der Waals surface area contributed by atoms with Crippen molar-refractivity contribution in [1.29, 1.82) is 0 Å². The first-order valence-electron chi connectivity index (χ1n) is 22.3. The van der Waals surface area contributed by atoms with Gasteiger partial charge in [0.2, 0.25) is 0 Å². The van der Waals surface area contributed by atoms with E-state index in [2.05, 4.69) is 19.1 Å². The van der Waals surface area contributed by atoms with Gasteiger partial charge in [-0.3, -0.25) is 18.6 Å². The fraction of sp³-hybridized carbons (Fsp3) is 0.660. The maximum Gasteiger partial charge on any atom is 0.472 e. The second-order valence-electron chi connectivity index (χ2n) is 14.6. The van der Waals surface area contributed by atoms with Gasteiger partial charge in [0.25, 0.3) is 0 Å². The minimum absolute atomic E-state index is 0.0225. The standard InChI is InChI=1S/C47H80NO10P/c1-3-5-7-8-9-10-11-12-13-14-15-16-17-18-19-24-32-38-47(52)58-45(42-57-59(53,54)56-40-39-48)41-55-46(51)37-31-23-21-20-22-28-34-44(50)36-30-26-25-29-35-43(49)33-27-6-4-2/h6,12-13,21-23,25-30,35-36,43-45,49-50H,3-5,7-11,14-20,24,31-34,37-42,48H2,1-2H3,(H,53,54)/b13-12-,23-21-,26-25-,27-6-,28-22-,35-29+,36-30+/t43-,44+,45-/m1/s1. The summed E-state index contributed by atoms with van der Waals surface area (Å²) in [6, 6.07) is 0. The Kier molecular flexibility index (Phi) is 39.8. The molecule has 1 unspecified atom stereocenters. The number of carbonyl (C=O) groups excluding carboxylic acids is 2. The van der Waals surface area contributed by atoms with E-state index in [1.165, 1.54) is 64.2 Å². The van der Waals surface area contributed by atoms with Gasteiger partial charge in [-0.2, -0.15) is 0 Å². The highest BCUT2D eigenvalue weighted by molar-refractivity contribution is 7.47. The van der Waals surface area contributed by atoms with E-state index in [9.17, 15) is 29.3 Å². The molecule has 0 radical (unpaired) electrons. The molecule has 0 heterocycles. The Balaban J connectivity index is 4.39. The Hall–Kier alpha value is -2.89. The van der Waals surface area contributed by atoms with E-state index in [1.807, 2.05) is 43.4 Å². The Morgan fingerprint density at radius 3 is 1.75 bits per heavy atom. The van der Waals surface area contributed by atoms with Gasteiger partial charge in [0.05, 0.1) is 25.4 Å². The van der Waals surface area contributed by atoms with Gasteiger partial charge in [-0.25, -0.2) is 4.57 Å². The number of hydrogen-bond acceptors (Lipinski definition) is 10. The highest BCUT2D eigenvalue weighted by Crippen LogP contribution is 2.43. The van der Waals surface area contributed by atoms with Crippen LogP contribution in [0, 0.1) is 0 Å². The minimum Gasteiger partial charge on any atom is -0.462 e. The van der Waals surface area contributed by atoms with Crippen molar-refractivity contribution in [3.05, 3.63) is 85.1 Å². The summed E-state index contributed by atoms with van der Waals surface area (Å²) in [6.07, 6.45) is 45.5. The number of phosphoric acid groups is 1. The summed E-state index contributed by atoms with van der Waals surface area (Å²) >= 11 is 0. The molecule has 0 aromatic heterocycles.